The Morgan fingerprint density at radius 1 is 1.35 bits per heavy atom. The van der Waals surface area contributed by atoms with Crippen LogP contribution in [-0.4, -0.2) is 28.8 Å². The Morgan fingerprint density at radius 2 is 1.95 bits per heavy atom. The molecule has 1 aromatic carbocycles. The summed E-state index contributed by atoms with van der Waals surface area (Å²) >= 11 is 0. The third kappa shape index (κ3) is 4.02. The summed E-state index contributed by atoms with van der Waals surface area (Å²) in [5, 5.41) is 20.6. The minimum atomic E-state index is -4.45. The molecule has 0 saturated carbocycles. The number of aryl methyl sites for hydroxylation is 1. The lowest BCUT2D eigenvalue weighted by atomic mass is 9.88. The highest BCUT2D eigenvalue weighted by Crippen LogP contribution is 2.34. The monoisotopic (exact) mass is 302 g/mol. The number of benzene rings is 1. The van der Waals surface area contributed by atoms with Crippen LogP contribution in [0.4, 0.5) is 0 Å². The van der Waals surface area contributed by atoms with E-state index in [0.717, 1.165) is 12.0 Å². The van der Waals surface area contributed by atoms with Crippen LogP contribution in [0.25, 0.3) is 0 Å². The van der Waals surface area contributed by atoms with Gasteiger partial charge >= 0.3 is 0 Å². The van der Waals surface area contributed by atoms with Gasteiger partial charge in [-0.3, -0.25) is 4.55 Å². The van der Waals surface area contributed by atoms with E-state index < -0.39 is 21.8 Å². The maximum atomic E-state index is 11.4. The van der Waals surface area contributed by atoms with E-state index in [2.05, 4.69) is 0 Å². The second-order valence-electron chi connectivity index (χ2n) is 5.38. The average molecular weight is 302 g/mol. The van der Waals surface area contributed by atoms with Crippen molar-refractivity contribution in [3.05, 3.63) is 29.3 Å². The third-order valence-corrected chi connectivity index (χ3v) is 4.29. The lowest BCUT2D eigenvalue weighted by Gasteiger charge is -2.30. The van der Waals surface area contributed by atoms with Gasteiger partial charge in [-0.1, -0.05) is 37.5 Å². The summed E-state index contributed by atoms with van der Waals surface area (Å²) in [6.07, 6.45) is 0.508. The van der Waals surface area contributed by atoms with Crippen LogP contribution in [0.1, 0.15) is 50.3 Å². The first-order valence-electron chi connectivity index (χ1n) is 6.58. The molecule has 0 aliphatic heterocycles. The topological polar surface area (TPSA) is 94.8 Å². The van der Waals surface area contributed by atoms with E-state index in [1.165, 1.54) is 25.1 Å². The molecule has 0 fully saturated rings. The third-order valence-electron chi connectivity index (χ3n) is 3.36. The summed E-state index contributed by atoms with van der Waals surface area (Å²) in [6, 6.07) is 4.23. The molecule has 3 N–H and O–H groups in total. The minimum absolute atomic E-state index is 0.0219. The number of aliphatic hydroxyl groups is 2. The number of aliphatic hydroxyl groups excluding tert-OH is 1. The normalized spacial score (nSPS) is 16.7. The van der Waals surface area contributed by atoms with Gasteiger partial charge in [0, 0.05) is 5.56 Å². The zero-order valence-corrected chi connectivity index (χ0v) is 12.8. The van der Waals surface area contributed by atoms with Crippen LogP contribution in [-0.2, 0) is 10.1 Å². The molecule has 1 rings (SSSR count). The molecule has 0 amide bonds. The number of hydrogen-bond donors (Lipinski definition) is 3. The zero-order valence-electron chi connectivity index (χ0n) is 12.0. The molecule has 0 unspecified atom stereocenters. The van der Waals surface area contributed by atoms with Gasteiger partial charge in [-0.05, 0) is 26.3 Å². The maximum Gasteiger partial charge on any atom is 0.294 e. The van der Waals surface area contributed by atoms with Gasteiger partial charge in [0.2, 0.25) is 0 Å². The molecule has 6 heteroatoms. The van der Waals surface area contributed by atoms with Crippen LogP contribution in [0, 0.1) is 6.92 Å². The van der Waals surface area contributed by atoms with Crippen LogP contribution in [0.5, 0.6) is 0 Å². The summed E-state index contributed by atoms with van der Waals surface area (Å²) in [6.45, 7) is 5.16. The van der Waals surface area contributed by atoms with E-state index in [-0.39, 0.29) is 10.5 Å². The predicted octanol–water partition coefficient (Wildman–Crippen LogP) is 2.22. The van der Waals surface area contributed by atoms with Gasteiger partial charge in [0.25, 0.3) is 10.1 Å². The molecule has 0 heterocycles. The van der Waals surface area contributed by atoms with Gasteiger partial charge in [0.15, 0.2) is 0 Å². The first-order chi connectivity index (χ1) is 9.09. The molecule has 0 saturated heterocycles. The Labute approximate surface area is 120 Å². The standard InChI is InChI=1S/C14H22O5S/c1-4-5-8-14(3,16)13(15)11-9-10(2)6-7-12(11)20(17,18)19/h6-7,9,13,15-16H,4-5,8H2,1-3H3,(H,17,18,19)/t13-,14-/m0/s1. The molecule has 20 heavy (non-hydrogen) atoms. The van der Waals surface area contributed by atoms with Gasteiger partial charge in [0.05, 0.1) is 10.5 Å². The smallest absolute Gasteiger partial charge is 0.294 e. The lowest BCUT2D eigenvalue weighted by molar-refractivity contribution is -0.0714. The predicted molar refractivity (Wildman–Crippen MR) is 76.1 cm³/mol. The second-order valence-corrected chi connectivity index (χ2v) is 6.77. The molecule has 0 aliphatic carbocycles. The molecule has 0 bridgehead atoms. The van der Waals surface area contributed by atoms with Crippen LogP contribution < -0.4 is 0 Å². The van der Waals surface area contributed by atoms with Gasteiger partial charge in [-0.15, -0.1) is 0 Å². The first kappa shape index (κ1) is 17.1. The van der Waals surface area contributed by atoms with Crippen molar-refractivity contribution in [2.24, 2.45) is 0 Å². The Hall–Kier alpha value is -0.950. The van der Waals surface area contributed by atoms with Crippen molar-refractivity contribution in [3.8, 4) is 0 Å². The number of unbranched alkanes of at least 4 members (excludes halogenated alkanes) is 1. The van der Waals surface area contributed by atoms with Crippen molar-refractivity contribution in [2.45, 2.75) is 56.6 Å². The lowest BCUT2D eigenvalue weighted by Crippen LogP contribution is -2.33. The van der Waals surface area contributed by atoms with E-state index in [4.69, 9.17) is 0 Å². The maximum absolute atomic E-state index is 11.4. The molecule has 0 radical (unpaired) electrons. The quantitative estimate of drug-likeness (QED) is 0.700. The summed E-state index contributed by atoms with van der Waals surface area (Å²) in [4.78, 5) is -0.368. The van der Waals surface area contributed by atoms with Crippen molar-refractivity contribution in [2.75, 3.05) is 0 Å². The van der Waals surface area contributed by atoms with E-state index >= 15 is 0 Å². The first-order valence-corrected chi connectivity index (χ1v) is 8.02. The molecule has 5 nitrogen and oxygen atoms in total. The van der Waals surface area contributed by atoms with Crippen LogP contribution >= 0.6 is 0 Å². The van der Waals surface area contributed by atoms with Crippen LogP contribution in [0.3, 0.4) is 0 Å². The molecule has 114 valence electrons. The Kier molecular flexibility index (Phi) is 5.32. The highest BCUT2D eigenvalue weighted by molar-refractivity contribution is 7.85. The SMILES string of the molecule is CCCC[C@](C)(O)[C@@H](O)c1cc(C)ccc1S(=O)(=O)O. The molecule has 2 atom stereocenters. The summed E-state index contributed by atoms with van der Waals surface area (Å²) in [7, 11) is -4.45. The fourth-order valence-electron chi connectivity index (χ4n) is 2.12. The number of rotatable bonds is 6. The van der Waals surface area contributed by atoms with Crippen molar-refractivity contribution in [1.82, 2.24) is 0 Å². The van der Waals surface area contributed by atoms with Gasteiger partial charge < -0.3 is 10.2 Å². The largest absolute Gasteiger partial charge is 0.387 e. The highest BCUT2D eigenvalue weighted by atomic mass is 32.2. The average Bonchev–Trinajstić information content (AvgIpc) is 2.33. The van der Waals surface area contributed by atoms with Crippen molar-refractivity contribution in [3.63, 3.8) is 0 Å². The molecular weight excluding hydrogens is 280 g/mol. The fourth-order valence-corrected chi connectivity index (χ4v) is 2.83. The number of hydrogen-bond acceptors (Lipinski definition) is 4. The summed E-state index contributed by atoms with van der Waals surface area (Å²) in [5.41, 5.74) is -0.699. The molecule has 1 aromatic rings. The molecular formula is C14H22O5S. The van der Waals surface area contributed by atoms with Crippen LogP contribution in [0.15, 0.2) is 23.1 Å². The van der Waals surface area contributed by atoms with E-state index in [9.17, 15) is 23.2 Å². The Morgan fingerprint density at radius 3 is 2.45 bits per heavy atom. The second kappa shape index (κ2) is 6.22. The minimum Gasteiger partial charge on any atom is -0.387 e. The van der Waals surface area contributed by atoms with Gasteiger partial charge in [0.1, 0.15) is 6.10 Å². The van der Waals surface area contributed by atoms with Gasteiger partial charge in [-0.25, -0.2) is 0 Å². The highest BCUT2D eigenvalue weighted by Gasteiger charge is 2.34. The molecule has 0 spiro atoms. The Balaban J connectivity index is 3.27. The van der Waals surface area contributed by atoms with Crippen molar-refractivity contribution in [1.29, 1.82) is 0 Å². The molecule has 0 aromatic heterocycles. The van der Waals surface area contributed by atoms with E-state index in [1.807, 2.05) is 6.92 Å². The summed E-state index contributed by atoms with van der Waals surface area (Å²) in [5.74, 6) is 0. The zero-order chi connectivity index (χ0) is 15.6. The van der Waals surface area contributed by atoms with Crippen molar-refractivity contribution >= 4 is 10.1 Å². The molecule has 0 aliphatic rings. The Bertz CT molecular complexity index is 563. The fraction of sp³-hybridized carbons (Fsp3) is 0.571. The van der Waals surface area contributed by atoms with Crippen molar-refractivity contribution < 1.29 is 23.2 Å². The van der Waals surface area contributed by atoms with E-state index in [1.54, 1.807) is 6.92 Å². The summed E-state index contributed by atoms with van der Waals surface area (Å²) < 4.78 is 32.0. The van der Waals surface area contributed by atoms with Gasteiger partial charge in [-0.2, -0.15) is 8.42 Å². The van der Waals surface area contributed by atoms with E-state index in [0.29, 0.717) is 12.8 Å². The van der Waals surface area contributed by atoms with Crippen LogP contribution in [0.2, 0.25) is 0 Å².